The summed E-state index contributed by atoms with van der Waals surface area (Å²) in [5.74, 6) is 0. The Bertz CT molecular complexity index is 233. The largest absolute Gasteiger partial charge is 0.423 e. The van der Waals surface area contributed by atoms with Crippen molar-refractivity contribution in [2.75, 3.05) is 6.54 Å². The minimum atomic E-state index is -5.44. The van der Waals surface area contributed by atoms with Crippen molar-refractivity contribution in [3.8, 4) is 0 Å². The number of halogens is 6. The number of nitrogens with one attached hydrogen (secondary N) is 1. The summed E-state index contributed by atoms with van der Waals surface area (Å²) in [6, 6.07) is 0.205. The molecule has 1 saturated carbocycles. The topological polar surface area (TPSA) is 21.3 Å². The molecule has 0 radical (unpaired) electrons. The van der Waals surface area contributed by atoms with Crippen LogP contribution >= 0.6 is 0 Å². The Morgan fingerprint density at radius 1 is 1.12 bits per heavy atom. The van der Waals surface area contributed by atoms with Gasteiger partial charge in [-0.05, 0) is 19.8 Å². The lowest BCUT2D eigenvalue weighted by atomic mass is 10.3. The van der Waals surface area contributed by atoms with Crippen LogP contribution in [0.4, 0.5) is 26.3 Å². The Labute approximate surface area is 94.3 Å². The van der Waals surface area contributed by atoms with Gasteiger partial charge in [-0.25, -0.2) is 0 Å². The minimum absolute atomic E-state index is 0.0205. The van der Waals surface area contributed by atoms with Gasteiger partial charge in [0.1, 0.15) is 0 Å². The van der Waals surface area contributed by atoms with Crippen LogP contribution in [-0.4, -0.2) is 37.1 Å². The predicted molar refractivity (Wildman–Crippen MR) is 47.5 cm³/mol. The highest BCUT2D eigenvalue weighted by Crippen LogP contribution is 2.36. The van der Waals surface area contributed by atoms with E-state index < -0.39 is 24.6 Å². The Balaban J connectivity index is 2.47. The van der Waals surface area contributed by atoms with E-state index in [1.807, 2.05) is 0 Å². The van der Waals surface area contributed by atoms with Gasteiger partial charge in [0.2, 0.25) is 6.10 Å². The van der Waals surface area contributed by atoms with Gasteiger partial charge in [-0.15, -0.1) is 0 Å². The summed E-state index contributed by atoms with van der Waals surface area (Å²) in [4.78, 5) is 0. The van der Waals surface area contributed by atoms with Gasteiger partial charge in [-0.1, -0.05) is 0 Å². The van der Waals surface area contributed by atoms with Crippen LogP contribution in [0.2, 0.25) is 0 Å². The van der Waals surface area contributed by atoms with E-state index in [2.05, 4.69) is 10.1 Å². The molecule has 0 aromatic heterocycles. The van der Waals surface area contributed by atoms with Gasteiger partial charge >= 0.3 is 12.4 Å². The molecule has 0 amide bonds. The third-order valence-corrected chi connectivity index (χ3v) is 2.23. The SMILES string of the molecule is CC(CNC1CC1)OC(C(F)(F)F)C(F)(F)F. The van der Waals surface area contributed by atoms with E-state index in [1.165, 1.54) is 6.92 Å². The second kappa shape index (κ2) is 5.01. The van der Waals surface area contributed by atoms with Crippen molar-refractivity contribution in [2.45, 2.75) is 50.4 Å². The summed E-state index contributed by atoms with van der Waals surface area (Å²) < 4.78 is 76.8. The maximum atomic E-state index is 12.1. The molecule has 0 bridgehead atoms. The summed E-state index contributed by atoms with van der Waals surface area (Å²) in [5, 5.41) is 2.80. The normalized spacial score (nSPS) is 19.8. The van der Waals surface area contributed by atoms with E-state index in [0.717, 1.165) is 12.8 Å². The van der Waals surface area contributed by atoms with Crippen LogP contribution < -0.4 is 5.32 Å². The molecule has 1 N–H and O–H groups in total. The number of rotatable bonds is 5. The smallest absolute Gasteiger partial charge is 0.357 e. The number of hydrogen-bond donors (Lipinski definition) is 1. The van der Waals surface area contributed by atoms with Crippen molar-refractivity contribution in [1.82, 2.24) is 5.32 Å². The molecule has 0 aromatic carbocycles. The van der Waals surface area contributed by atoms with Gasteiger partial charge in [-0.2, -0.15) is 26.3 Å². The van der Waals surface area contributed by atoms with Crippen LogP contribution in [0.15, 0.2) is 0 Å². The third-order valence-electron chi connectivity index (χ3n) is 2.23. The van der Waals surface area contributed by atoms with Crippen molar-refractivity contribution >= 4 is 0 Å². The van der Waals surface area contributed by atoms with Crippen LogP contribution in [0, 0.1) is 0 Å². The standard InChI is InChI=1S/C9H13F6NO/c1-5(4-16-6-2-3-6)17-7(8(10,11)12)9(13,14)15/h5-7,16H,2-4H2,1H3. The molecule has 0 aromatic rings. The highest BCUT2D eigenvalue weighted by molar-refractivity contribution is 4.82. The summed E-state index contributed by atoms with van der Waals surface area (Å²) in [7, 11) is 0. The average molecular weight is 265 g/mol. The van der Waals surface area contributed by atoms with E-state index in [0.29, 0.717) is 0 Å². The number of hydrogen-bond acceptors (Lipinski definition) is 2. The average Bonchev–Trinajstić information content (AvgIpc) is 2.90. The van der Waals surface area contributed by atoms with Gasteiger partial charge in [0.15, 0.2) is 0 Å². The molecule has 1 fully saturated rings. The lowest BCUT2D eigenvalue weighted by molar-refractivity contribution is -0.329. The lowest BCUT2D eigenvalue weighted by Gasteiger charge is -2.26. The molecule has 2 nitrogen and oxygen atoms in total. The van der Waals surface area contributed by atoms with Crippen molar-refractivity contribution in [2.24, 2.45) is 0 Å². The van der Waals surface area contributed by atoms with E-state index in [1.54, 1.807) is 0 Å². The second-order valence-corrected chi connectivity index (χ2v) is 4.09. The Morgan fingerprint density at radius 2 is 1.59 bits per heavy atom. The van der Waals surface area contributed by atoms with Crippen LogP contribution in [-0.2, 0) is 4.74 Å². The minimum Gasteiger partial charge on any atom is -0.357 e. The lowest BCUT2D eigenvalue weighted by Crippen LogP contribution is -2.47. The second-order valence-electron chi connectivity index (χ2n) is 4.09. The summed E-state index contributed by atoms with van der Waals surface area (Å²) in [6.45, 7) is 1.16. The van der Waals surface area contributed by atoms with E-state index >= 15 is 0 Å². The zero-order chi connectivity index (χ0) is 13.3. The molecule has 17 heavy (non-hydrogen) atoms. The molecular formula is C9H13F6NO. The van der Waals surface area contributed by atoms with Gasteiger partial charge in [0.05, 0.1) is 6.10 Å². The molecule has 0 aliphatic heterocycles. The summed E-state index contributed by atoms with van der Waals surface area (Å²) in [5.41, 5.74) is 0. The first-order chi connectivity index (χ1) is 7.60. The van der Waals surface area contributed by atoms with Crippen molar-refractivity contribution < 1.29 is 31.1 Å². The van der Waals surface area contributed by atoms with Gasteiger partial charge < -0.3 is 10.1 Å². The zero-order valence-electron chi connectivity index (χ0n) is 9.03. The van der Waals surface area contributed by atoms with Crippen LogP contribution in [0.5, 0.6) is 0 Å². The van der Waals surface area contributed by atoms with Gasteiger partial charge in [0, 0.05) is 12.6 Å². The first-order valence-electron chi connectivity index (χ1n) is 5.13. The fourth-order valence-electron chi connectivity index (χ4n) is 1.24. The van der Waals surface area contributed by atoms with Crippen molar-refractivity contribution in [3.63, 3.8) is 0 Å². The molecule has 0 heterocycles. The Morgan fingerprint density at radius 3 is 1.94 bits per heavy atom. The van der Waals surface area contributed by atoms with Gasteiger partial charge in [0.25, 0.3) is 0 Å². The molecule has 8 heteroatoms. The molecule has 102 valence electrons. The van der Waals surface area contributed by atoms with E-state index in [4.69, 9.17) is 0 Å². The van der Waals surface area contributed by atoms with Crippen LogP contribution in [0.1, 0.15) is 19.8 Å². The van der Waals surface area contributed by atoms with Crippen molar-refractivity contribution in [3.05, 3.63) is 0 Å². The highest BCUT2D eigenvalue weighted by Gasteiger charge is 2.58. The highest BCUT2D eigenvalue weighted by atomic mass is 19.4. The molecule has 1 aliphatic rings. The predicted octanol–water partition coefficient (Wildman–Crippen LogP) is 2.64. The quantitative estimate of drug-likeness (QED) is 0.771. The van der Waals surface area contributed by atoms with Crippen molar-refractivity contribution in [1.29, 1.82) is 0 Å². The molecule has 1 aliphatic carbocycles. The van der Waals surface area contributed by atoms with Crippen LogP contribution in [0.3, 0.4) is 0 Å². The molecule has 0 spiro atoms. The van der Waals surface area contributed by atoms with E-state index in [9.17, 15) is 26.3 Å². The molecule has 0 saturated heterocycles. The summed E-state index contributed by atoms with van der Waals surface area (Å²) >= 11 is 0. The fraction of sp³-hybridized carbons (Fsp3) is 1.00. The molecule has 1 rings (SSSR count). The monoisotopic (exact) mass is 265 g/mol. The molecule has 1 unspecified atom stereocenters. The first kappa shape index (κ1) is 14.6. The molecule has 1 atom stereocenters. The summed E-state index contributed by atoms with van der Waals surface area (Å²) in [6.07, 6.45) is -13.9. The van der Waals surface area contributed by atoms with Gasteiger partial charge in [-0.3, -0.25) is 0 Å². The number of ether oxygens (including phenoxy) is 1. The third kappa shape index (κ3) is 5.12. The van der Waals surface area contributed by atoms with E-state index in [-0.39, 0.29) is 12.6 Å². The maximum absolute atomic E-state index is 12.1. The Kier molecular flexibility index (Phi) is 4.29. The fourth-order valence-corrected chi connectivity index (χ4v) is 1.24. The zero-order valence-corrected chi connectivity index (χ0v) is 9.03. The Hall–Kier alpha value is -0.500. The first-order valence-corrected chi connectivity index (χ1v) is 5.13. The maximum Gasteiger partial charge on any atom is 0.423 e. The number of alkyl halides is 6. The molecular weight excluding hydrogens is 252 g/mol. The van der Waals surface area contributed by atoms with Crippen LogP contribution in [0.25, 0.3) is 0 Å².